The van der Waals surface area contributed by atoms with Crippen LogP contribution < -0.4 is 9.64 Å². The molecule has 2 aliphatic rings. The van der Waals surface area contributed by atoms with Gasteiger partial charge in [0, 0.05) is 48.4 Å². The molecule has 0 saturated carbocycles. The van der Waals surface area contributed by atoms with Crippen LogP contribution in [0.3, 0.4) is 0 Å². The maximum atomic E-state index is 13.2. The fourth-order valence-corrected chi connectivity index (χ4v) is 6.21. The molecule has 0 spiro atoms. The van der Waals surface area contributed by atoms with Gasteiger partial charge in [0.25, 0.3) is 5.91 Å². The quantitative estimate of drug-likeness (QED) is 0.358. The van der Waals surface area contributed by atoms with E-state index in [4.69, 9.17) is 4.74 Å². The molecule has 3 aromatic rings. The first-order valence-corrected chi connectivity index (χ1v) is 15.1. The van der Waals surface area contributed by atoms with Crippen LogP contribution in [0, 0.1) is 20.8 Å². The van der Waals surface area contributed by atoms with Crippen LogP contribution in [0.25, 0.3) is 0 Å². The Morgan fingerprint density at radius 2 is 1.78 bits per heavy atom. The Bertz CT molecular complexity index is 1400. The van der Waals surface area contributed by atoms with Crippen LogP contribution in [0.1, 0.15) is 55.1 Å². The van der Waals surface area contributed by atoms with E-state index in [-0.39, 0.29) is 29.9 Å². The maximum absolute atomic E-state index is 13.2. The van der Waals surface area contributed by atoms with Crippen LogP contribution in [0.2, 0.25) is 0 Å². The smallest absolute Gasteiger partial charge is 0.251 e. The number of aryl methyl sites for hydroxylation is 2. The van der Waals surface area contributed by atoms with Gasteiger partial charge >= 0.3 is 0 Å². The SMILES string of the molecule is Cc1cc(C)c(C)c(OCCC(=O)N2C[C@@H](C)N(Cc3cn(C4CCN(c5ccc(Br)cc5)C4=O)nn3)[C@@H](C)C2)c1. The van der Waals surface area contributed by atoms with Crippen LogP contribution >= 0.6 is 15.9 Å². The molecular weight excluding hydrogens is 584 g/mol. The monoisotopic (exact) mass is 622 g/mol. The third kappa shape index (κ3) is 6.48. The van der Waals surface area contributed by atoms with Gasteiger partial charge < -0.3 is 14.5 Å². The lowest BCUT2D eigenvalue weighted by atomic mass is 10.1. The maximum Gasteiger partial charge on any atom is 0.251 e. The third-order valence-electron chi connectivity index (χ3n) is 8.33. The van der Waals surface area contributed by atoms with Gasteiger partial charge in [-0.25, -0.2) is 4.68 Å². The van der Waals surface area contributed by atoms with E-state index >= 15 is 0 Å². The van der Waals surface area contributed by atoms with Crippen molar-refractivity contribution in [2.75, 3.05) is 31.1 Å². The molecule has 2 saturated heterocycles. The van der Waals surface area contributed by atoms with Gasteiger partial charge in [-0.05, 0) is 88.1 Å². The summed E-state index contributed by atoms with van der Waals surface area (Å²) in [5.41, 5.74) is 5.20. The second kappa shape index (κ2) is 12.3. The van der Waals surface area contributed by atoms with E-state index in [1.54, 1.807) is 4.68 Å². The summed E-state index contributed by atoms with van der Waals surface area (Å²) in [5.74, 6) is 1.01. The first-order valence-electron chi connectivity index (χ1n) is 14.3. The van der Waals surface area contributed by atoms with Crippen molar-refractivity contribution in [2.24, 2.45) is 0 Å². The molecule has 0 aliphatic carbocycles. The number of aromatic nitrogens is 3. The van der Waals surface area contributed by atoms with Crippen LogP contribution in [-0.2, 0) is 16.1 Å². The Hall–Kier alpha value is -3.24. The number of hydrogen-bond acceptors (Lipinski definition) is 6. The van der Waals surface area contributed by atoms with Crippen molar-refractivity contribution in [3.8, 4) is 5.75 Å². The van der Waals surface area contributed by atoms with Crippen molar-refractivity contribution in [1.29, 1.82) is 0 Å². The highest BCUT2D eigenvalue weighted by Gasteiger charge is 2.36. The zero-order valence-corrected chi connectivity index (χ0v) is 26.1. The minimum atomic E-state index is -0.348. The largest absolute Gasteiger partial charge is 0.493 e. The van der Waals surface area contributed by atoms with Crippen molar-refractivity contribution >= 4 is 33.4 Å². The summed E-state index contributed by atoms with van der Waals surface area (Å²) >= 11 is 3.45. The van der Waals surface area contributed by atoms with Crippen LogP contribution in [0.5, 0.6) is 5.75 Å². The third-order valence-corrected chi connectivity index (χ3v) is 8.86. The summed E-state index contributed by atoms with van der Waals surface area (Å²) in [7, 11) is 0. The lowest BCUT2D eigenvalue weighted by molar-refractivity contribution is -0.136. The predicted octanol–water partition coefficient (Wildman–Crippen LogP) is 4.83. The van der Waals surface area contributed by atoms with Crippen LogP contribution in [-0.4, -0.2) is 74.9 Å². The number of anilines is 1. The van der Waals surface area contributed by atoms with E-state index in [1.807, 2.05) is 46.3 Å². The fraction of sp³-hybridized carbons (Fsp3) is 0.484. The summed E-state index contributed by atoms with van der Waals surface area (Å²) in [6, 6.07) is 11.9. The number of rotatable bonds is 8. The van der Waals surface area contributed by atoms with E-state index in [2.05, 4.69) is 71.8 Å². The summed E-state index contributed by atoms with van der Waals surface area (Å²) in [4.78, 5) is 32.3. The predicted molar refractivity (Wildman–Crippen MR) is 162 cm³/mol. The minimum absolute atomic E-state index is 0.0364. The minimum Gasteiger partial charge on any atom is -0.493 e. The molecule has 0 bridgehead atoms. The number of piperazine rings is 1. The van der Waals surface area contributed by atoms with Crippen molar-refractivity contribution in [3.63, 3.8) is 0 Å². The Labute approximate surface area is 250 Å². The Balaban J connectivity index is 1.14. The lowest BCUT2D eigenvalue weighted by Crippen LogP contribution is -2.57. The molecule has 1 aromatic heterocycles. The number of halogens is 1. The topological polar surface area (TPSA) is 83.8 Å². The Morgan fingerprint density at radius 1 is 1.07 bits per heavy atom. The summed E-state index contributed by atoms with van der Waals surface area (Å²) in [5, 5.41) is 8.74. The van der Waals surface area contributed by atoms with Gasteiger partial charge in [-0.2, -0.15) is 0 Å². The van der Waals surface area contributed by atoms with Gasteiger partial charge in [0.2, 0.25) is 5.91 Å². The number of nitrogens with zero attached hydrogens (tertiary/aromatic N) is 6. The molecule has 218 valence electrons. The summed E-state index contributed by atoms with van der Waals surface area (Å²) in [6.07, 6.45) is 2.95. The highest BCUT2D eigenvalue weighted by molar-refractivity contribution is 9.10. The Kier molecular flexibility index (Phi) is 8.79. The highest BCUT2D eigenvalue weighted by Crippen LogP contribution is 2.29. The number of amides is 2. The molecule has 3 atom stereocenters. The standard InChI is InChI=1S/C31H39BrN6O3/c1-20-14-21(2)24(5)29(15-20)41-13-11-30(39)35-16-22(3)37(23(4)17-35)18-26-19-38(34-33-26)28-10-12-36(31(28)40)27-8-6-25(32)7-9-27/h6-9,14-15,19,22-23,28H,10-13,16-18H2,1-5H3/t22-,23+,28?. The highest BCUT2D eigenvalue weighted by atomic mass is 79.9. The number of carbonyl (C=O) groups excluding carboxylic acids is 2. The van der Waals surface area contributed by atoms with Crippen LogP contribution in [0.15, 0.2) is 47.1 Å². The second-order valence-corrected chi connectivity index (χ2v) is 12.3. The average Bonchev–Trinajstić information content (AvgIpc) is 3.55. The fourth-order valence-electron chi connectivity index (χ4n) is 5.94. The molecule has 9 nitrogen and oxygen atoms in total. The molecule has 2 fully saturated rings. The first-order chi connectivity index (χ1) is 19.6. The average molecular weight is 624 g/mol. The summed E-state index contributed by atoms with van der Waals surface area (Å²) in [6.45, 7) is 13.4. The van der Waals surface area contributed by atoms with E-state index in [1.165, 1.54) is 5.56 Å². The van der Waals surface area contributed by atoms with E-state index < -0.39 is 0 Å². The van der Waals surface area contributed by atoms with Gasteiger partial charge in [-0.1, -0.05) is 27.2 Å². The molecule has 41 heavy (non-hydrogen) atoms. The zero-order chi connectivity index (χ0) is 29.3. The number of benzene rings is 2. The summed E-state index contributed by atoms with van der Waals surface area (Å²) < 4.78 is 8.69. The normalized spacial score (nSPS) is 21.5. The molecule has 2 amide bonds. The molecule has 2 aromatic carbocycles. The molecule has 0 radical (unpaired) electrons. The number of ether oxygens (including phenoxy) is 1. The van der Waals surface area contributed by atoms with Crippen molar-refractivity contribution < 1.29 is 14.3 Å². The van der Waals surface area contributed by atoms with Crippen LogP contribution in [0.4, 0.5) is 5.69 Å². The van der Waals surface area contributed by atoms with Gasteiger partial charge in [0.05, 0.1) is 24.9 Å². The molecule has 2 aliphatic heterocycles. The van der Waals surface area contributed by atoms with E-state index in [9.17, 15) is 9.59 Å². The molecular formula is C31H39BrN6O3. The van der Waals surface area contributed by atoms with E-state index in [0.29, 0.717) is 45.6 Å². The van der Waals surface area contributed by atoms with E-state index in [0.717, 1.165) is 32.7 Å². The van der Waals surface area contributed by atoms with Crippen molar-refractivity contribution in [1.82, 2.24) is 24.8 Å². The second-order valence-electron chi connectivity index (χ2n) is 11.4. The molecule has 1 unspecified atom stereocenters. The van der Waals surface area contributed by atoms with Gasteiger partial charge in [0.15, 0.2) is 0 Å². The molecule has 3 heterocycles. The van der Waals surface area contributed by atoms with Gasteiger partial charge in [-0.15, -0.1) is 5.10 Å². The van der Waals surface area contributed by atoms with Crippen molar-refractivity contribution in [2.45, 2.75) is 72.1 Å². The van der Waals surface area contributed by atoms with Gasteiger partial charge in [-0.3, -0.25) is 14.5 Å². The van der Waals surface area contributed by atoms with Gasteiger partial charge in [0.1, 0.15) is 11.8 Å². The molecule has 0 N–H and O–H groups in total. The lowest BCUT2D eigenvalue weighted by Gasteiger charge is -2.44. The number of carbonyl (C=O) groups is 2. The van der Waals surface area contributed by atoms with Crippen molar-refractivity contribution in [3.05, 3.63) is 69.5 Å². The first kappa shape index (κ1) is 29.3. The zero-order valence-electron chi connectivity index (χ0n) is 24.5. The molecule has 10 heteroatoms. The number of hydrogen-bond donors (Lipinski definition) is 0. The molecule has 5 rings (SSSR count). The Morgan fingerprint density at radius 3 is 2.49 bits per heavy atom.